The summed E-state index contributed by atoms with van der Waals surface area (Å²) in [7, 11) is 0. The highest BCUT2D eigenvalue weighted by molar-refractivity contribution is 14.0. The molecule has 0 amide bonds. The molecule has 0 spiro atoms. The zero-order chi connectivity index (χ0) is 19.8. The number of guanidine groups is 1. The van der Waals surface area contributed by atoms with Crippen molar-refractivity contribution >= 4 is 41.3 Å². The Morgan fingerprint density at radius 2 is 1.97 bits per heavy atom. The third-order valence-corrected chi connectivity index (χ3v) is 6.80. The van der Waals surface area contributed by atoms with Gasteiger partial charge in [0.15, 0.2) is 5.96 Å². The number of aliphatic imine (C=N–C) groups is 1. The molecular weight excluding hydrogens is 499 g/mol. The summed E-state index contributed by atoms with van der Waals surface area (Å²) in [6.45, 7) is 9.82. The molecule has 1 atom stereocenters. The maximum Gasteiger partial charge on any atom is 0.191 e. The summed E-state index contributed by atoms with van der Waals surface area (Å²) in [5.74, 6) is 0.799. The van der Waals surface area contributed by atoms with Crippen LogP contribution in [0.2, 0.25) is 0 Å². The summed E-state index contributed by atoms with van der Waals surface area (Å²) in [6.07, 6.45) is 5.16. The first-order valence-corrected chi connectivity index (χ1v) is 11.5. The van der Waals surface area contributed by atoms with E-state index in [0.29, 0.717) is 12.6 Å². The normalized spacial score (nSPS) is 21.3. The van der Waals surface area contributed by atoms with Gasteiger partial charge in [-0.3, -0.25) is 9.89 Å². The monoisotopic (exact) mass is 536 g/mol. The van der Waals surface area contributed by atoms with Crippen LogP contribution in [0.25, 0.3) is 0 Å². The lowest BCUT2D eigenvalue weighted by Crippen LogP contribution is -2.46. The van der Waals surface area contributed by atoms with E-state index in [1.165, 1.54) is 16.2 Å². The van der Waals surface area contributed by atoms with Crippen LogP contribution >= 0.6 is 35.3 Å². The van der Waals surface area contributed by atoms with Gasteiger partial charge in [-0.1, -0.05) is 19.3 Å². The van der Waals surface area contributed by atoms with Crippen LogP contribution in [-0.4, -0.2) is 67.5 Å². The maximum atomic E-state index is 10.8. The lowest BCUT2D eigenvalue weighted by Gasteiger charge is -2.34. The largest absolute Gasteiger partial charge is 0.388 e. The molecule has 1 aromatic rings. The molecule has 2 heterocycles. The summed E-state index contributed by atoms with van der Waals surface area (Å²) in [5, 5.41) is 17.6. The van der Waals surface area contributed by atoms with Crippen LogP contribution in [0, 0.1) is 6.92 Å². The summed E-state index contributed by atoms with van der Waals surface area (Å²) in [6, 6.07) is 4.76. The molecule has 0 bridgehead atoms. The van der Waals surface area contributed by atoms with E-state index in [1.54, 1.807) is 0 Å². The Bertz CT molecular complexity index is 628. The van der Waals surface area contributed by atoms with Crippen LogP contribution in [0.15, 0.2) is 17.1 Å². The summed E-state index contributed by atoms with van der Waals surface area (Å²) in [5.41, 5.74) is -0.630. The Balaban J connectivity index is 0.00000300. The van der Waals surface area contributed by atoms with Gasteiger partial charge in [-0.2, -0.15) is 0 Å². The van der Waals surface area contributed by atoms with Gasteiger partial charge in [0.1, 0.15) is 0 Å². The first kappa shape index (κ1) is 24.8. The molecule has 8 heteroatoms. The van der Waals surface area contributed by atoms with E-state index in [2.05, 4.69) is 41.5 Å². The van der Waals surface area contributed by atoms with Gasteiger partial charge < -0.3 is 20.5 Å². The second-order valence-corrected chi connectivity index (χ2v) is 9.29. The van der Waals surface area contributed by atoms with Gasteiger partial charge in [-0.25, -0.2) is 0 Å². The van der Waals surface area contributed by atoms with Crippen molar-refractivity contribution in [2.24, 2.45) is 4.99 Å². The highest BCUT2D eigenvalue weighted by atomic mass is 127. The second-order valence-electron chi connectivity index (χ2n) is 7.97. The van der Waals surface area contributed by atoms with Crippen LogP contribution in [-0.2, 0) is 4.74 Å². The van der Waals surface area contributed by atoms with Gasteiger partial charge >= 0.3 is 0 Å². The summed E-state index contributed by atoms with van der Waals surface area (Å²) >= 11 is 1.87. The zero-order valence-corrected chi connectivity index (χ0v) is 20.9. The minimum atomic E-state index is -0.630. The number of thiophene rings is 1. The number of hydrogen-bond donors (Lipinski definition) is 3. The summed E-state index contributed by atoms with van der Waals surface area (Å²) in [4.78, 5) is 9.95. The molecule has 1 aromatic heterocycles. The molecule has 1 aliphatic carbocycles. The molecule has 3 rings (SSSR count). The fourth-order valence-corrected chi connectivity index (χ4v) is 5.07. The SMILES string of the molecule is CCNC(=NCC1(O)CCCCC1)NCC(c1ccc(C)s1)N1CCOCC1.I. The van der Waals surface area contributed by atoms with E-state index in [0.717, 1.165) is 71.0 Å². The number of halogens is 1. The van der Waals surface area contributed by atoms with Gasteiger partial charge in [0.05, 0.1) is 31.4 Å². The number of rotatable bonds is 7. The lowest BCUT2D eigenvalue weighted by atomic mass is 9.85. The van der Waals surface area contributed by atoms with E-state index >= 15 is 0 Å². The lowest BCUT2D eigenvalue weighted by molar-refractivity contribution is 0.0129. The number of nitrogens with one attached hydrogen (secondary N) is 2. The predicted octanol–water partition coefficient (Wildman–Crippen LogP) is 3.30. The molecule has 166 valence electrons. The quantitative estimate of drug-likeness (QED) is 0.284. The Morgan fingerprint density at radius 1 is 1.24 bits per heavy atom. The number of ether oxygens (including phenoxy) is 1. The molecule has 0 aromatic carbocycles. The van der Waals surface area contributed by atoms with E-state index < -0.39 is 5.60 Å². The smallest absolute Gasteiger partial charge is 0.191 e. The molecule has 29 heavy (non-hydrogen) atoms. The minimum Gasteiger partial charge on any atom is -0.388 e. The minimum absolute atomic E-state index is 0. The second kappa shape index (κ2) is 12.4. The Labute approximate surface area is 196 Å². The Kier molecular flexibility index (Phi) is 10.7. The molecule has 1 saturated carbocycles. The van der Waals surface area contributed by atoms with Crippen LogP contribution < -0.4 is 10.6 Å². The molecular formula is C21H37IN4O2S. The fraction of sp³-hybridized carbons (Fsp3) is 0.762. The number of hydrogen-bond acceptors (Lipinski definition) is 5. The molecule has 0 radical (unpaired) electrons. The van der Waals surface area contributed by atoms with Gasteiger partial charge in [0.2, 0.25) is 0 Å². The molecule has 1 unspecified atom stereocenters. The first-order valence-electron chi connectivity index (χ1n) is 10.7. The molecule has 2 aliphatic rings. The highest BCUT2D eigenvalue weighted by Gasteiger charge is 2.29. The zero-order valence-electron chi connectivity index (χ0n) is 17.8. The highest BCUT2D eigenvalue weighted by Crippen LogP contribution is 2.29. The van der Waals surface area contributed by atoms with Crippen molar-refractivity contribution in [1.29, 1.82) is 0 Å². The summed E-state index contributed by atoms with van der Waals surface area (Å²) < 4.78 is 5.55. The van der Waals surface area contributed by atoms with Crippen molar-refractivity contribution in [1.82, 2.24) is 15.5 Å². The van der Waals surface area contributed by atoms with Crippen molar-refractivity contribution < 1.29 is 9.84 Å². The fourth-order valence-electron chi connectivity index (χ4n) is 4.06. The van der Waals surface area contributed by atoms with Crippen molar-refractivity contribution in [3.05, 3.63) is 21.9 Å². The van der Waals surface area contributed by atoms with Crippen molar-refractivity contribution in [3.63, 3.8) is 0 Å². The van der Waals surface area contributed by atoms with Gasteiger partial charge in [0, 0.05) is 35.9 Å². The predicted molar refractivity (Wildman–Crippen MR) is 132 cm³/mol. The number of aliphatic hydroxyl groups is 1. The third-order valence-electron chi connectivity index (χ3n) is 5.70. The van der Waals surface area contributed by atoms with E-state index in [4.69, 9.17) is 9.73 Å². The molecule has 2 fully saturated rings. The number of nitrogens with zero attached hydrogens (tertiary/aromatic N) is 2. The van der Waals surface area contributed by atoms with Crippen molar-refractivity contribution in [2.75, 3.05) is 45.9 Å². The van der Waals surface area contributed by atoms with Crippen molar-refractivity contribution in [2.45, 2.75) is 57.6 Å². The van der Waals surface area contributed by atoms with E-state index in [-0.39, 0.29) is 24.0 Å². The molecule has 6 nitrogen and oxygen atoms in total. The van der Waals surface area contributed by atoms with Gasteiger partial charge in [-0.15, -0.1) is 35.3 Å². The van der Waals surface area contributed by atoms with Crippen molar-refractivity contribution in [3.8, 4) is 0 Å². The van der Waals surface area contributed by atoms with Crippen LogP contribution in [0.3, 0.4) is 0 Å². The molecule has 1 saturated heterocycles. The van der Waals surface area contributed by atoms with E-state index in [1.807, 2.05) is 11.3 Å². The van der Waals surface area contributed by atoms with E-state index in [9.17, 15) is 5.11 Å². The van der Waals surface area contributed by atoms with Gasteiger partial charge in [-0.05, 0) is 38.8 Å². The van der Waals surface area contributed by atoms with Crippen LogP contribution in [0.5, 0.6) is 0 Å². The standard InChI is InChI=1S/C21H36N4O2S.HI/c1-3-22-20(24-16-21(26)9-5-4-6-10-21)23-15-18(19-8-7-17(2)28-19)25-11-13-27-14-12-25;/h7-8,18,26H,3-6,9-16H2,1-2H3,(H2,22,23,24);1H. The van der Waals surface area contributed by atoms with Crippen LogP contribution in [0.1, 0.15) is 54.8 Å². The first-order chi connectivity index (χ1) is 13.6. The average Bonchev–Trinajstić information content (AvgIpc) is 3.13. The number of morpholine rings is 1. The molecule has 1 aliphatic heterocycles. The maximum absolute atomic E-state index is 10.8. The van der Waals surface area contributed by atoms with Crippen LogP contribution in [0.4, 0.5) is 0 Å². The third kappa shape index (κ3) is 7.65. The van der Waals surface area contributed by atoms with Gasteiger partial charge in [0.25, 0.3) is 0 Å². The Hall–Kier alpha value is -0.420. The topological polar surface area (TPSA) is 69.1 Å². The average molecular weight is 537 g/mol. The molecule has 3 N–H and O–H groups in total. The Morgan fingerprint density at radius 3 is 2.59 bits per heavy atom. The number of aryl methyl sites for hydroxylation is 1.